The second kappa shape index (κ2) is 3.94. The molecule has 0 fully saturated rings. The van der Waals surface area contributed by atoms with Gasteiger partial charge in [-0.15, -0.1) is 0 Å². The van der Waals surface area contributed by atoms with Gasteiger partial charge in [0.05, 0.1) is 31.4 Å². The number of aliphatic hydroxyl groups excluding tert-OH is 1. The Morgan fingerprint density at radius 3 is 2.56 bits per heavy atom. The van der Waals surface area contributed by atoms with Crippen molar-refractivity contribution in [2.24, 2.45) is 0 Å². The lowest BCUT2D eigenvalue weighted by atomic mass is 10.1. The molecule has 0 aromatic heterocycles. The van der Waals surface area contributed by atoms with E-state index in [4.69, 9.17) is 9.84 Å². The first-order chi connectivity index (χ1) is 7.69. The fourth-order valence-corrected chi connectivity index (χ4v) is 1.70. The summed E-state index contributed by atoms with van der Waals surface area (Å²) >= 11 is 0. The molecule has 1 aromatic rings. The fourth-order valence-electron chi connectivity index (χ4n) is 1.70. The minimum absolute atomic E-state index is 0.0225. The minimum atomic E-state index is -0.382. The van der Waals surface area contributed by atoms with Crippen LogP contribution < -0.4 is 4.74 Å². The lowest BCUT2D eigenvalue weighted by molar-refractivity contribution is 0.0624. The van der Waals surface area contributed by atoms with E-state index in [1.54, 1.807) is 12.1 Å². The zero-order chi connectivity index (χ0) is 11.7. The van der Waals surface area contributed by atoms with Crippen LogP contribution in [0.5, 0.6) is 5.75 Å². The van der Waals surface area contributed by atoms with E-state index < -0.39 is 0 Å². The predicted octanol–water partition coefficient (Wildman–Crippen LogP) is 0.283. The van der Waals surface area contributed by atoms with Gasteiger partial charge in [0.15, 0.2) is 0 Å². The van der Waals surface area contributed by atoms with Crippen molar-refractivity contribution in [1.29, 1.82) is 0 Å². The Balaban J connectivity index is 2.43. The van der Waals surface area contributed by atoms with Gasteiger partial charge < -0.3 is 9.84 Å². The van der Waals surface area contributed by atoms with E-state index >= 15 is 0 Å². The van der Waals surface area contributed by atoms with Crippen LogP contribution in [0.4, 0.5) is 0 Å². The first-order valence-corrected chi connectivity index (χ1v) is 4.84. The molecular formula is C11H11NO4. The van der Waals surface area contributed by atoms with Crippen LogP contribution >= 0.6 is 0 Å². The zero-order valence-corrected chi connectivity index (χ0v) is 8.77. The summed E-state index contributed by atoms with van der Waals surface area (Å²) in [6.07, 6.45) is 0. The van der Waals surface area contributed by atoms with Crippen molar-refractivity contribution < 1.29 is 19.4 Å². The molecule has 1 aliphatic rings. The molecule has 1 aliphatic heterocycles. The summed E-state index contributed by atoms with van der Waals surface area (Å²) in [5, 5.41) is 8.77. The largest absolute Gasteiger partial charge is 0.497 e. The van der Waals surface area contributed by atoms with Gasteiger partial charge in [0, 0.05) is 0 Å². The Bertz CT molecular complexity index is 455. The topological polar surface area (TPSA) is 66.8 Å². The van der Waals surface area contributed by atoms with Crippen LogP contribution in [0.25, 0.3) is 0 Å². The summed E-state index contributed by atoms with van der Waals surface area (Å²) in [7, 11) is 1.49. The molecule has 5 nitrogen and oxygen atoms in total. The fraction of sp³-hybridized carbons (Fsp3) is 0.273. The first kappa shape index (κ1) is 10.6. The number of amides is 2. The van der Waals surface area contributed by atoms with Gasteiger partial charge >= 0.3 is 0 Å². The van der Waals surface area contributed by atoms with Gasteiger partial charge in [-0.2, -0.15) is 0 Å². The van der Waals surface area contributed by atoms with E-state index in [-0.39, 0.29) is 25.0 Å². The molecule has 0 saturated carbocycles. The number of carbonyl (C=O) groups is 2. The number of nitrogens with zero attached hydrogens (tertiary/aromatic N) is 1. The molecule has 1 N–H and O–H groups in total. The molecule has 1 heterocycles. The van der Waals surface area contributed by atoms with Gasteiger partial charge in [0.25, 0.3) is 11.8 Å². The van der Waals surface area contributed by atoms with Gasteiger partial charge in [0.2, 0.25) is 0 Å². The highest BCUT2D eigenvalue weighted by molar-refractivity contribution is 6.21. The van der Waals surface area contributed by atoms with Crippen molar-refractivity contribution in [2.75, 3.05) is 20.3 Å². The van der Waals surface area contributed by atoms with Crippen LogP contribution in [0.1, 0.15) is 20.7 Å². The van der Waals surface area contributed by atoms with Crippen molar-refractivity contribution in [3.8, 4) is 5.75 Å². The molecule has 0 unspecified atom stereocenters. The van der Waals surface area contributed by atoms with Crippen molar-refractivity contribution in [2.45, 2.75) is 0 Å². The van der Waals surface area contributed by atoms with Crippen LogP contribution in [0.2, 0.25) is 0 Å². The van der Waals surface area contributed by atoms with Crippen LogP contribution in [-0.4, -0.2) is 42.1 Å². The Labute approximate surface area is 92.2 Å². The van der Waals surface area contributed by atoms with E-state index in [0.717, 1.165) is 4.90 Å². The first-order valence-electron chi connectivity index (χ1n) is 4.84. The number of imide groups is 1. The Morgan fingerprint density at radius 1 is 1.25 bits per heavy atom. The number of β-amino-alcohol motifs (C(OH)–C–C–N with tert-alkyl or cyclic N) is 1. The third-order valence-corrected chi connectivity index (χ3v) is 2.50. The van der Waals surface area contributed by atoms with E-state index in [9.17, 15) is 9.59 Å². The molecule has 2 amide bonds. The third kappa shape index (κ3) is 1.45. The number of hydrogen-bond donors (Lipinski definition) is 1. The van der Waals surface area contributed by atoms with Crippen molar-refractivity contribution in [3.63, 3.8) is 0 Å². The van der Waals surface area contributed by atoms with Gasteiger partial charge in [-0.1, -0.05) is 0 Å². The van der Waals surface area contributed by atoms with Gasteiger partial charge in [0.1, 0.15) is 5.75 Å². The van der Waals surface area contributed by atoms with Gasteiger partial charge in [-0.05, 0) is 18.2 Å². The highest BCUT2D eigenvalue weighted by Gasteiger charge is 2.35. The summed E-state index contributed by atoms with van der Waals surface area (Å²) in [6.45, 7) is -0.211. The maximum Gasteiger partial charge on any atom is 0.261 e. The number of benzene rings is 1. The summed E-state index contributed by atoms with van der Waals surface area (Å²) in [5.74, 6) is -0.213. The predicted molar refractivity (Wildman–Crippen MR) is 55.4 cm³/mol. The molecule has 2 rings (SSSR count). The number of hydrogen-bond acceptors (Lipinski definition) is 4. The van der Waals surface area contributed by atoms with E-state index in [2.05, 4.69) is 0 Å². The molecule has 0 atom stereocenters. The summed E-state index contributed by atoms with van der Waals surface area (Å²) in [5.41, 5.74) is 0.692. The maximum atomic E-state index is 11.8. The summed E-state index contributed by atoms with van der Waals surface area (Å²) < 4.78 is 4.99. The van der Waals surface area contributed by atoms with Crippen molar-refractivity contribution >= 4 is 11.8 Å². The quantitative estimate of drug-likeness (QED) is 0.745. The average Bonchev–Trinajstić information content (AvgIpc) is 2.54. The molecule has 84 valence electrons. The normalized spacial score (nSPS) is 14.2. The molecule has 1 aromatic carbocycles. The summed E-state index contributed by atoms with van der Waals surface area (Å²) in [6, 6.07) is 4.73. The monoisotopic (exact) mass is 221 g/mol. The zero-order valence-electron chi connectivity index (χ0n) is 8.77. The number of methoxy groups -OCH3 is 1. The van der Waals surface area contributed by atoms with E-state index in [1.165, 1.54) is 13.2 Å². The molecule has 5 heteroatoms. The van der Waals surface area contributed by atoms with Crippen LogP contribution in [0.3, 0.4) is 0 Å². The van der Waals surface area contributed by atoms with Crippen LogP contribution in [-0.2, 0) is 0 Å². The lowest BCUT2D eigenvalue weighted by Crippen LogP contribution is -2.32. The van der Waals surface area contributed by atoms with Crippen LogP contribution in [0, 0.1) is 0 Å². The number of aliphatic hydroxyl groups is 1. The molecule has 0 spiro atoms. The van der Waals surface area contributed by atoms with Crippen LogP contribution in [0.15, 0.2) is 18.2 Å². The van der Waals surface area contributed by atoms with E-state index in [1.807, 2.05) is 0 Å². The third-order valence-electron chi connectivity index (χ3n) is 2.50. The maximum absolute atomic E-state index is 11.8. The smallest absolute Gasteiger partial charge is 0.261 e. The SMILES string of the molecule is COc1ccc2c(c1)C(=O)N(CCO)C2=O. The molecule has 0 aliphatic carbocycles. The molecular weight excluding hydrogens is 210 g/mol. The van der Waals surface area contributed by atoms with E-state index in [0.29, 0.717) is 16.9 Å². The van der Waals surface area contributed by atoms with Gasteiger partial charge in [-0.25, -0.2) is 0 Å². The second-order valence-electron chi connectivity index (χ2n) is 3.40. The number of ether oxygens (including phenoxy) is 1. The average molecular weight is 221 g/mol. The van der Waals surface area contributed by atoms with Crippen molar-refractivity contribution in [1.82, 2.24) is 4.90 Å². The number of rotatable bonds is 3. The van der Waals surface area contributed by atoms with Crippen molar-refractivity contribution in [3.05, 3.63) is 29.3 Å². The molecule has 0 radical (unpaired) electrons. The molecule has 0 bridgehead atoms. The Hall–Kier alpha value is -1.88. The number of fused-ring (bicyclic) bond motifs is 1. The Kier molecular flexibility index (Phi) is 2.62. The molecule has 0 saturated heterocycles. The highest BCUT2D eigenvalue weighted by atomic mass is 16.5. The Morgan fingerprint density at radius 2 is 1.94 bits per heavy atom. The van der Waals surface area contributed by atoms with Gasteiger partial charge in [-0.3, -0.25) is 14.5 Å². The summed E-state index contributed by atoms with van der Waals surface area (Å²) in [4.78, 5) is 24.6. The lowest BCUT2D eigenvalue weighted by Gasteiger charge is -2.10. The number of carbonyl (C=O) groups excluding carboxylic acids is 2. The second-order valence-corrected chi connectivity index (χ2v) is 3.40. The minimum Gasteiger partial charge on any atom is -0.497 e. The highest BCUT2D eigenvalue weighted by Crippen LogP contribution is 2.26. The standard InChI is InChI=1S/C11H11NO4/c1-16-7-2-3-8-9(6-7)11(15)12(4-5-13)10(8)14/h2-3,6,13H,4-5H2,1H3. The molecule has 16 heavy (non-hydrogen) atoms.